The van der Waals surface area contributed by atoms with Gasteiger partial charge >= 0.3 is 0 Å². The maximum absolute atomic E-state index is 12.6. The van der Waals surface area contributed by atoms with Crippen LogP contribution < -0.4 is 10.5 Å². The summed E-state index contributed by atoms with van der Waals surface area (Å²) in [6.45, 7) is 2.08. The molecule has 21 heavy (non-hydrogen) atoms. The number of aryl methyl sites for hydroxylation is 1. The van der Waals surface area contributed by atoms with Crippen molar-refractivity contribution in [3.63, 3.8) is 0 Å². The smallest absolute Gasteiger partial charge is 0.246 e. The fourth-order valence-corrected chi connectivity index (χ4v) is 3.79. The van der Waals surface area contributed by atoms with Gasteiger partial charge in [0.05, 0.1) is 24.4 Å². The number of nitrogens with two attached hydrogens (primary N) is 1. The summed E-state index contributed by atoms with van der Waals surface area (Å²) in [4.78, 5) is 4.33. The van der Waals surface area contributed by atoms with Crippen molar-refractivity contribution in [3.8, 4) is 5.75 Å². The molecular formula is C13H17N3O3S2. The largest absolute Gasteiger partial charge is 0.495 e. The molecule has 8 heteroatoms. The first-order valence-electron chi connectivity index (χ1n) is 6.15. The van der Waals surface area contributed by atoms with Crippen molar-refractivity contribution in [2.24, 2.45) is 0 Å². The van der Waals surface area contributed by atoms with E-state index < -0.39 is 10.0 Å². The average molecular weight is 327 g/mol. The zero-order valence-electron chi connectivity index (χ0n) is 12.0. The molecule has 0 amide bonds. The van der Waals surface area contributed by atoms with Gasteiger partial charge in [0.1, 0.15) is 10.6 Å². The molecule has 1 aromatic carbocycles. The van der Waals surface area contributed by atoms with Crippen LogP contribution in [0.1, 0.15) is 10.7 Å². The van der Waals surface area contributed by atoms with Gasteiger partial charge in [-0.15, -0.1) is 11.3 Å². The van der Waals surface area contributed by atoms with Gasteiger partial charge < -0.3 is 10.5 Å². The average Bonchev–Trinajstić information content (AvgIpc) is 2.84. The molecule has 0 radical (unpaired) electrons. The number of hydrogen-bond donors (Lipinski definition) is 1. The first kappa shape index (κ1) is 15.7. The Morgan fingerprint density at radius 3 is 2.71 bits per heavy atom. The molecule has 0 aliphatic heterocycles. The van der Waals surface area contributed by atoms with E-state index in [9.17, 15) is 8.42 Å². The first-order valence-corrected chi connectivity index (χ1v) is 8.47. The Morgan fingerprint density at radius 1 is 1.43 bits per heavy atom. The Morgan fingerprint density at radius 2 is 2.14 bits per heavy atom. The van der Waals surface area contributed by atoms with Crippen molar-refractivity contribution in [1.82, 2.24) is 9.29 Å². The highest BCUT2D eigenvalue weighted by Crippen LogP contribution is 2.28. The molecule has 114 valence electrons. The van der Waals surface area contributed by atoms with Gasteiger partial charge in [-0.1, -0.05) is 0 Å². The lowest BCUT2D eigenvalue weighted by atomic mass is 10.3. The second-order valence-electron chi connectivity index (χ2n) is 4.53. The Bertz CT molecular complexity index is 741. The molecule has 2 aromatic rings. The van der Waals surface area contributed by atoms with Crippen molar-refractivity contribution in [2.45, 2.75) is 18.4 Å². The molecule has 0 saturated carbocycles. The normalized spacial score (nSPS) is 11.8. The van der Waals surface area contributed by atoms with Gasteiger partial charge in [0.25, 0.3) is 0 Å². The van der Waals surface area contributed by atoms with Crippen LogP contribution in [0.2, 0.25) is 0 Å². The van der Waals surface area contributed by atoms with Gasteiger partial charge in [-0.3, -0.25) is 0 Å². The van der Waals surface area contributed by atoms with Gasteiger partial charge in [0.15, 0.2) is 0 Å². The number of ether oxygens (including phenoxy) is 1. The summed E-state index contributed by atoms with van der Waals surface area (Å²) in [6, 6.07) is 4.54. The van der Waals surface area contributed by atoms with Crippen molar-refractivity contribution >= 4 is 27.0 Å². The minimum atomic E-state index is -3.70. The third kappa shape index (κ3) is 3.34. The highest BCUT2D eigenvalue weighted by atomic mass is 32.2. The molecule has 0 unspecified atom stereocenters. The van der Waals surface area contributed by atoms with Gasteiger partial charge in [-0.25, -0.2) is 13.4 Å². The van der Waals surface area contributed by atoms with Crippen LogP contribution in [-0.2, 0) is 16.6 Å². The quantitative estimate of drug-likeness (QED) is 0.847. The minimum absolute atomic E-state index is 0.0550. The van der Waals surface area contributed by atoms with E-state index in [4.69, 9.17) is 10.5 Å². The minimum Gasteiger partial charge on any atom is -0.495 e. The summed E-state index contributed by atoms with van der Waals surface area (Å²) in [5.41, 5.74) is 6.77. The van der Waals surface area contributed by atoms with E-state index in [1.54, 1.807) is 12.1 Å². The van der Waals surface area contributed by atoms with Crippen LogP contribution in [0.15, 0.2) is 28.5 Å². The number of nitrogen functional groups attached to an aromatic ring is 1. The van der Waals surface area contributed by atoms with Gasteiger partial charge in [-0.2, -0.15) is 4.31 Å². The maximum atomic E-state index is 12.6. The second-order valence-corrected chi connectivity index (χ2v) is 7.60. The molecule has 1 heterocycles. The van der Waals surface area contributed by atoms with E-state index in [1.165, 1.54) is 35.9 Å². The molecule has 1 aromatic heterocycles. The monoisotopic (exact) mass is 327 g/mol. The van der Waals surface area contributed by atoms with Crippen LogP contribution >= 0.6 is 11.3 Å². The topological polar surface area (TPSA) is 85.5 Å². The SMILES string of the molecule is COc1ccc(N)cc1S(=O)(=O)N(C)Cc1csc(C)n1. The van der Waals surface area contributed by atoms with E-state index in [0.717, 1.165) is 5.01 Å². The third-order valence-corrected chi connectivity index (χ3v) is 5.57. The van der Waals surface area contributed by atoms with Crippen LogP contribution in [0.5, 0.6) is 5.75 Å². The van der Waals surface area contributed by atoms with Crippen LogP contribution in [0.25, 0.3) is 0 Å². The highest BCUT2D eigenvalue weighted by molar-refractivity contribution is 7.89. The van der Waals surface area contributed by atoms with E-state index >= 15 is 0 Å². The number of rotatable bonds is 5. The van der Waals surface area contributed by atoms with Gasteiger partial charge in [0.2, 0.25) is 10.0 Å². The Hall–Kier alpha value is -1.64. The number of aromatic nitrogens is 1. The molecule has 0 saturated heterocycles. The molecule has 6 nitrogen and oxygen atoms in total. The van der Waals surface area contributed by atoms with Crippen LogP contribution in [0.4, 0.5) is 5.69 Å². The number of nitrogens with zero attached hydrogens (tertiary/aromatic N) is 2. The van der Waals surface area contributed by atoms with E-state index in [1.807, 2.05) is 12.3 Å². The number of thiazole rings is 1. The molecule has 0 bridgehead atoms. The van der Waals surface area contributed by atoms with E-state index in [0.29, 0.717) is 11.4 Å². The van der Waals surface area contributed by atoms with Gasteiger partial charge in [0, 0.05) is 18.1 Å². The molecular weight excluding hydrogens is 310 g/mol. The summed E-state index contributed by atoms with van der Waals surface area (Å²) < 4.78 is 31.6. The fourth-order valence-electron chi connectivity index (χ4n) is 1.86. The number of methoxy groups -OCH3 is 1. The Labute approximate surface area is 128 Å². The van der Waals surface area contributed by atoms with Crippen molar-refractivity contribution in [3.05, 3.63) is 34.3 Å². The molecule has 0 fully saturated rings. The molecule has 0 aliphatic carbocycles. The fraction of sp³-hybridized carbons (Fsp3) is 0.308. The predicted molar refractivity (Wildman–Crippen MR) is 82.9 cm³/mol. The summed E-state index contributed by atoms with van der Waals surface area (Å²) in [7, 11) is -0.769. The first-order chi connectivity index (χ1) is 9.84. The predicted octanol–water partition coefficient (Wildman–Crippen LogP) is 1.86. The number of benzene rings is 1. The highest BCUT2D eigenvalue weighted by Gasteiger charge is 2.25. The van der Waals surface area contributed by atoms with Crippen molar-refractivity contribution in [2.75, 3.05) is 19.9 Å². The van der Waals surface area contributed by atoms with Crippen LogP contribution in [0, 0.1) is 6.92 Å². The third-order valence-electron chi connectivity index (χ3n) is 2.93. The standard InChI is InChI=1S/C13H17N3O3S2/c1-9-15-11(8-20-9)7-16(2)21(17,18)13-6-10(14)4-5-12(13)19-3/h4-6,8H,7,14H2,1-3H3. The zero-order chi connectivity index (χ0) is 15.6. The summed E-state index contributed by atoms with van der Waals surface area (Å²) in [6.07, 6.45) is 0. The summed E-state index contributed by atoms with van der Waals surface area (Å²) in [5.74, 6) is 0.269. The number of hydrogen-bond acceptors (Lipinski definition) is 6. The summed E-state index contributed by atoms with van der Waals surface area (Å²) in [5, 5.41) is 2.75. The van der Waals surface area contributed by atoms with Gasteiger partial charge in [-0.05, 0) is 25.1 Å². The molecule has 0 spiro atoms. The summed E-state index contributed by atoms with van der Waals surface area (Å²) >= 11 is 1.49. The van der Waals surface area contributed by atoms with E-state index in [-0.39, 0.29) is 17.2 Å². The number of anilines is 1. The second kappa shape index (κ2) is 6.00. The lowest BCUT2D eigenvalue weighted by Gasteiger charge is -2.18. The lowest BCUT2D eigenvalue weighted by molar-refractivity contribution is 0.397. The Balaban J connectivity index is 2.35. The number of sulfonamides is 1. The molecule has 2 N–H and O–H groups in total. The molecule has 0 aliphatic rings. The van der Waals surface area contributed by atoms with Crippen LogP contribution in [-0.4, -0.2) is 31.9 Å². The zero-order valence-corrected chi connectivity index (χ0v) is 13.7. The lowest BCUT2D eigenvalue weighted by Crippen LogP contribution is -2.27. The van der Waals surface area contributed by atoms with E-state index in [2.05, 4.69) is 4.98 Å². The molecule has 0 atom stereocenters. The van der Waals surface area contributed by atoms with Crippen LogP contribution in [0.3, 0.4) is 0 Å². The van der Waals surface area contributed by atoms with Crippen molar-refractivity contribution < 1.29 is 13.2 Å². The van der Waals surface area contributed by atoms with Crippen molar-refractivity contribution in [1.29, 1.82) is 0 Å². The molecule has 2 rings (SSSR count). The maximum Gasteiger partial charge on any atom is 0.246 e. The Kier molecular flexibility index (Phi) is 4.50.